The van der Waals surface area contributed by atoms with Gasteiger partial charge in [0.25, 0.3) is 0 Å². The zero-order chi connectivity index (χ0) is 23.5. The molecule has 31 heavy (non-hydrogen) atoms. The molecule has 0 radical (unpaired) electrons. The molecule has 9 heteroatoms. The first kappa shape index (κ1) is 24.8. The molecule has 1 fully saturated rings. The molecule has 0 heterocycles. The van der Waals surface area contributed by atoms with Gasteiger partial charge < -0.3 is 29.9 Å². The van der Waals surface area contributed by atoms with E-state index in [2.05, 4.69) is 6.58 Å². The van der Waals surface area contributed by atoms with E-state index in [4.69, 9.17) is 14.6 Å². The zero-order valence-corrected chi connectivity index (χ0v) is 17.9. The molecule has 172 valence electrons. The maximum atomic E-state index is 12.5. The molecule has 2 aliphatic carbocycles. The quantitative estimate of drug-likeness (QED) is 0.256. The largest absolute Gasteiger partial charge is 0.478 e. The van der Waals surface area contributed by atoms with Crippen molar-refractivity contribution in [2.24, 2.45) is 17.8 Å². The molecule has 4 N–H and O–H groups in total. The first-order chi connectivity index (χ1) is 14.4. The summed E-state index contributed by atoms with van der Waals surface area (Å²) in [6.45, 7) is 7.15. The number of hydrogen-bond donors (Lipinski definition) is 4. The molecule has 0 aromatic carbocycles. The summed E-state index contributed by atoms with van der Waals surface area (Å²) in [6, 6.07) is 0. The third-order valence-corrected chi connectivity index (χ3v) is 6.14. The van der Waals surface area contributed by atoms with Gasteiger partial charge >= 0.3 is 17.9 Å². The maximum Gasteiger partial charge on any atom is 0.336 e. The van der Waals surface area contributed by atoms with E-state index in [1.165, 1.54) is 6.92 Å². The Balaban J connectivity index is 2.47. The van der Waals surface area contributed by atoms with Crippen molar-refractivity contribution in [2.45, 2.75) is 51.4 Å². The number of aliphatic carboxylic acids is 1. The number of carboxylic acid groups (broad SMARTS) is 1. The summed E-state index contributed by atoms with van der Waals surface area (Å²) >= 11 is 0. The van der Waals surface area contributed by atoms with Gasteiger partial charge in [0, 0.05) is 24.8 Å². The fourth-order valence-electron chi connectivity index (χ4n) is 4.65. The normalized spacial score (nSPS) is 33.0. The Hall–Kier alpha value is -2.49. The number of rotatable bonds is 7. The molecule has 0 bridgehead atoms. The minimum Gasteiger partial charge on any atom is -0.478 e. The van der Waals surface area contributed by atoms with E-state index in [0.717, 1.165) is 6.08 Å². The molecule has 2 aliphatic rings. The lowest BCUT2D eigenvalue weighted by Crippen LogP contribution is -2.56. The highest BCUT2D eigenvalue weighted by Gasteiger charge is 2.54. The number of hydrogen-bond acceptors (Lipinski definition) is 8. The van der Waals surface area contributed by atoms with E-state index in [0.29, 0.717) is 5.57 Å². The van der Waals surface area contributed by atoms with Gasteiger partial charge in [-0.25, -0.2) is 9.59 Å². The molecule has 0 aliphatic heterocycles. The van der Waals surface area contributed by atoms with Crippen LogP contribution < -0.4 is 0 Å². The monoisotopic (exact) mass is 438 g/mol. The fourth-order valence-corrected chi connectivity index (χ4v) is 4.65. The van der Waals surface area contributed by atoms with Crippen molar-refractivity contribution in [2.75, 3.05) is 13.2 Å². The molecule has 6 atom stereocenters. The Labute approximate surface area is 180 Å². The van der Waals surface area contributed by atoms with Crippen LogP contribution in [0.5, 0.6) is 0 Å². The molecule has 2 rings (SSSR count). The van der Waals surface area contributed by atoms with Gasteiger partial charge in [-0.2, -0.15) is 0 Å². The summed E-state index contributed by atoms with van der Waals surface area (Å²) in [7, 11) is 0. The van der Waals surface area contributed by atoms with E-state index in [1.807, 2.05) is 0 Å². The zero-order valence-electron chi connectivity index (χ0n) is 17.9. The van der Waals surface area contributed by atoms with Crippen molar-refractivity contribution in [3.05, 3.63) is 35.5 Å². The fraction of sp³-hybridized carbons (Fsp3) is 0.591. The van der Waals surface area contributed by atoms with Crippen molar-refractivity contribution >= 4 is 17.9 Å². The highest BCUT2D eigenvalue weighted by atomic mass is 16.5. The van der Waals surface area contributed by atoms with Crippen molar-refractivity contribution < 1.29 is 44.3 Å². The van der Waals surface area contributed by atoms with E-state index < -0.39 is 66.7 Å². The van der Waals surface area contributed by atoms with Crippen LogP contribution in [-0.2, 0) is 23.9 Å². The molecule has 0 aromatic rings. The summed E-state index contributed by atoms with van der Waals surface area (Å²) in [5.74, 6) is -4.47. The van der Waals surface area contributed by atoms with Crippen LogP contribution in [0.2, 0.25) is 0 Å². The summed E-state index contributed by atoms with van der Waals surface area (Å²) in [5, 5.41) is 39.2. The standard InChI is InChI=1S/C22H30O9/c1-11-7-15-16(8-17(11)30-13(3)25)22(4,29)9-18(19(15)12(2)20(26)27)31-21(28)14(10-24)5-6-23/h5,7,15-19,23-24,29H,2,6,8-10H2,1,3-4H3,(H,26,27). The van der Waals surface area contributed by atoms with Crippen LogP contribution in [-0.4, -0.2) is 69.4 Å². The average molecular weight is 438 g/mol. The highest BCUT2D eigenvalue weighted by Crippen LogP contribution is 2.51. The Bertz CT molecular complexity index is 808. The molecule has 6 unspecified atom stereocenters. The SMILES string of the molecule is C=C(C(=O)O)C1C(OC(=O)C(=CCO)CO)CC(C)(O)C2CC(OC(C)=O)C(C)=CC12. The lowest BCUT2D eigenvalue weighted by Gasteiger charge is -2.52. The third-order valence-electron chi connectivity index (χ3n) is 6.14. The lowest BCUT2D eigenvalue weighted by atomic mass is 9.57. The second-order valence-corrected chi connectivity index (χ2v) is 8.36. The van der Waals surface area contributed by atoms with E-state index in [-0.39, 0.29) is 24.0 Å². The van der Waals surface area contributed by atoms with Gasteiger partial charge in [0.1, 0.15) is 12.2 Å². The van der Waals surface area contributed by atoms with Crippen LogP contribution in [0.4, 0.5) is 0 Å². The molecule has 1 saturated carbocycles. The van der Waals surface area contributed by atoms with Crippen LogP contribution in [0.1, 0.15) is 33.6 Å². The predicted octanol–water partition coefficient (Wildman–Crippen LogP) is 0.735. The van der Waals surface area contributed by atoms with Gasteiger partial charge in [0.2, 0.25) is 0 Å². The minimum absolute atomic E-state index is 0.0750. The summed E-state index contributed by atoms with van der Waals surface area (Å²) < 4.78 is 10.9. The molecule has 0 amide bonds. The number of fused-ring (bicyclic) bond motifs is 1. The molecule has 0 saturated heterocycles. The molecular formula is C22H30O9. The number of carbonyl (C=O) groups is 3. The third kappa shape index (κ3) is 5.41. The number of ether oxygens (including phenoxy) is 2. The van der Waals surface area contributed by atoms with Crippen LogP contribution in [0.15, 0.2) is 35.5 Å². The smallest absolute Gasteiger partial charge is 0.336 e. The number of carbonyl (C=O) groups excluding carboxylic acids is 2. The lowest BCUT2D eigenvalue weighted by molar-refractivity contribution is -0.172. The number of esters is 2. The molecule has 0 spiro atoms. The molecule has 0 aromatic heterocycles. The summed E-state index contributed by atoms with van der Waals surface area (Å²) in [6.07, 6.45) is 1.49. The topological polar surface area (TPSA) is 151 Å². The number of aliphatic hydroxyl groups is 3. The number of allylic oxidation sites excluding steroid dienone is 1. The van der Waals surface area contributed by atoms with E-state index in [1.54, 1.807) is 19.9 Å². The highest BCUT2D eigenvalue weighted by molar-refractivity contribution is 5.89. The van der Waals surface area contributed by atoms with Crippen molar-refractivity contribution in [3.8, 4) is 0 Å². The second-order valence-electron chi connectivity index (χ2n) is 8.36. The Kier molecular flexibility index (Phi) is 7.80. The summed E-state index contributed by atoms with van der Waals surface area (Å²) in [5.41, 5.74) is -0.997. The van der Waals surface area contributed by atoms with Crippen molar-refractivity contribution in [1.29, 1.82) is 0 Å². The second kappa shape index (κ2) is 9.76. The van der Waals surface area contributed by atoms with Gasteiger partial charge in [-0.05, 0) is 43.8 Å². The Morgan fingerprint density at radius 3 is 2.45 bits per heavy atom. The van der Waals surface area contributed by atoms with Crippen LogP contribution in [0, 0.1) is 17.8 Å². The first-order valence-corrected chi connectivity index (χ1v) is 10.0. The van der Waals surface area contributed by atoms with Gasteiger partial charge in [-0.15, -0.1) is 0 Å². The van der Waals surface area contributed by atoms with Gasteiger partial charge in [-0.3, -0.25) is 4.79 Å². The first-order valence-electron chi connectivity index (χ1n) is 10.0. The Morgan fingerprint density at radius 1 is 1.29 bits per heavy atom. The maximum absolute atomic E-state index is 12.5. The van der Waals surface area contributed by atoms with Crippen LogP contribution >= 0.6 is 0 Å². The molecular weight excluding hydrogens is 408 g/mol. The van der Waals surface area contributed by atoms with Gasteiger partial charge in [0.15, 0.2) is 0 Å². The minimum atomic E-state index is -1.36. The average Bonchev–Trinajstić information content (AvgIpc) is 2.66. The predicted molar refractivity (Wildman–Crippen MR) is 109 cm³/mol. The van der Waals surface area contributed by atoms with Gasteiger partial charge in [0.05, 0.1) is 24.4 Å². The van der Waals surface area contributed by atoms with E-state index >= 15 is 0 Å². The van der Waals surface area contributed by atoms with Crippen LogP contribution in [0.3, 0.4) is 0 Å². The Morgan fingerprint density at radius 2 is 1.94 bits per heavy atom. The van der Waals surface area contributed by atoms with E-state index in [9.17, 15) is 29.7 Å². The summed E-state index contributed by atoms with van der Waals surface area (Å²) in [4.78, 5) is 35.7. The molecule has 9 nitrogen and oxygen atoms in total. The van der Waals surface area contributed by atoms with Crippen molar-refractivity contribution in [1.82, 2.24) is 0 Å². The number of aliphatic hydroxyl groups excluding tert-OH is 2. The number of carboxylic acids is 1. The van der Waals surface area contributed by atoms with Crippen molar-refractivity contribution in [3.63, 3.8) is 0 Å². The van der Waals surface area contributed by atoms with Crippen LogP contribution in [0.25, 0.3) is 0 Å². The van der Waals surface area contributed by atoms with Gasteiger partial charge in [-0.1, -0.05) is 12.7 Å².